The summed E-state index contributed by atoms with van der Waals surface area (Å²) in [6.45, 7) is 8.62. The minimum atomic E-state index is -2.89. The number of hydrogen-bond acceptors (Lipinski definition) is 5. The second-order valence-electron chi connectivity index (χ2n) is 6.19. The van der Waals surface area contributed by atoms with Crippen LogP contribution in [0.2, 0.25) is 0 Å². The SMILES string of the molecule is CC(C)CNCc1ccncc1N1CCS(=O)(=O)CC1C. The van der Waals surface area contributed by atoms with Gasteiger partial charge in [0.25, 0.3) is 0 Å². The summed E-state index contributed by atoms with van der Waals surface area (Å²) in [5, 5.41) is 3.44. The highest BCUT2D eigenvalue weighted by Crippen LogP contribution is 2.24. The van der Waals surface area contributed by atoms with Gasteiger partial charge in [-0.1, -0.05) is 13.8 Å². The maximum Gasteiger partial charge on any atom is 0.154 e. The van der Waals surface area contributed by atoms with Gasteiger partial charge >= 0.3 is 0 Å². The third kappa shape index (κ3) is 4.41. The molecule has 1 aromatic rings. The predicted molar refractivity (Wildman–Crippen MR) is 86.2 cm³/mol. The monoisotopic (exact) mass is 311 g/mol. The highest BCUT2D eigenvalue weighted by Gasteiger charge is 2.29. The molecule has 0 amide bonds. The van der Waals surface area contributed by atoms with E-state index in [-0.39, 0.29) is 17.5 Å². The lowest BCUT2D eigenvalue weighted by Gasteiger charge is -2.36. The molecule has 1 N–H and O–H groups in total. The van der Waals surface area contributed by atoms with Crippen molar-refractivity contribution in [1.29, 1.82) is 0 Å². The Labute approximate surface area is 127 Å². The molecule has 1 saturated heterocycles. The molecule has 21 heavy (non-hydrogen) atoms. The molecule has 0 bridgehead atoms. The van der Waals surface area contributed by atoms with Crippen LogP contribution in [-0.4, -0.2) is 44.0 Å². The summed E-state index contributed by atoms with van der Waals surface area (Å²) in [6, 6.07) is 2.01. The quantitative estimate of drug-likeness (QED) is 0.892. The third-order valence-electron chi connectivity index (χ3n) is 3.74. The van der Waals surface area contributed by atoms with Gasteiger partial charge < -0.3 is 10.2 Å². The summed E-state index contributed by atoms with van der Waals surface area (Å²) in [7, 11) is -2.89. The predicted octanol–water partition coefficient (Wildman–Crippen LogP) is 1.45. The number of nitrogens with one attached hydrogen (secondary N) is 1. The summed E-state index contributed by atoms with van der Waals surface area (Å²) in [6.07, 6.45) is 3.64. The molecule has 1 aromatic heterocycles. The molecule has 1 unspecified atom stereocenters. The van der Waals surface area contributed by atoms with Crippen LogP contribution in [0.5, 0.6) is 0 Å². The van der Waals surface area contributed by atoms with E-state index in [1.54, 1.807) is 6.20 Å². The Morgan fingerprint density at radius 1 is 1.48 bits per heavy atom. The first kappa shape index (κ1) is 16.2. The summed E-state index contributed by atoms with van der Waals surface area (Å²) in [5.74, 6) is 1.06. The fourth-order valence-corrected chi connectivity index (χ4v) is 4.23. The van der Waals surface area contributed by atoms with Gasteiger partial charge in [-0.2, -0.15) is 0 Å². The molecule has 0 aliphatic carbocycles. The van der Waals surface area contributed by atoms with Crippen molar-refractivity contribution in [1.82, 2.24) is 10.3 Å². The molecule has 0 spiro atoms. The van der Waals surface area contributed by atoms with Crippen LogP contribution in [-0.2, 0) is 16.4 Å². The van der Waals surface area contributed by atoms with E-state index in [1.165, 1.54) is 5.56 Å². The number of pyridine rings is 1. The van der Waals surface area contributed by atoms with Crippen LogP contribution >= 0.6 is 0 Å². The highest BCUT2D eigenvalue weighted by molar-refractivity contribution is 7.91. The van der Waals surface area contributed by atoms with Crippen LogP contribution in [0.25, 0.3) is 0 Å². The van der Waals surface area contributed by atoms with Gasteiger partial charge in [0.1, 0.15) is 0 Å². The van der Waals surface area contributed by atoms with Crippen LogP contribution in [0, 0.1) is 5.92 Å². The summed E-state index contributed by atoms with van der Waals surface area (Å²) in [5.41, 5.74) is 2.23. The summed E-state index contributed by atoms with van der Waals surface area (Å²) in [4.78, 5) is 6.38. The van der Waals surface area contributed by atoms with Gasteiger partial charge in [-0.05, 0) is 31.0 Å². The van der Waals surface area contributed by atoms with Crippen molar-refractivity contribution in [3.63, 3.8) is 0 Å². The molecular weight excluding hydrogens is 286 g/mol. The normalized spacial score (nSPS) is 21.7. The van der Waals surface area contributed by atoms with Gasteiger partial charge in [-0.15, -0.1) is 0 Å². The maximum absolute atomic E-state index is 11.7. The number of aromatic nitrogens is 1. The Morgan fingerprint density at radius 2 is 2.24 bits per heavy atom. The van der Waals surface area contributed by atoms with Crippen molar-refractivity contribution in [3.05, 3.63) is 24.0 Å². The number of rotatable bonds is 5. The van der Waals surface area contributed by atoms with Gasteiger partial charge in [0, 0.05) is 25.3 Å². The summed E-state index contributed by atoms with van der Waals surface area (Å²) >= 11 is 0. The molecule has 2 heterocycles. The lowest BCUT2D eigenvalue weighted by Crippen LogP contribution is -2.47. The molecule has 118 valence electrons. The van der Waals surface area contributed by atoms with E-state index in [1.807, 2.05) is 19.2 Å². The van der Waals surface area contributed by atoms with Crippen molar-refractivity contribution < 1.29 is 8.42 Å². The fraction of sp³-hybridized carbons (Fsp3) is 0.667. The average molecular weight is 311 g/mol. The molecule has 0 radical (unpaired) electrons. The van der Waals surface area contributed by atoms with Gasteiger partial charge in [-0.3, -0.25) is 4.98 Å². The maximum atomic E-state index is 11.7. The number of sulfone groups is 1. The van der Waals surface area contributed by atoms with Crippen molar-refractivity contribution in [2.75, 3.05) is 29.5 Å². The topological polar surface area (TPSA) is 62.3 Å². The largest absolute Gasteiger partial charge is 0.365 e. The van der Waals surface area contributed by atoms with E-state index in [9.17, 15) is 8.42 Å². The first-order chi connectivity index (χ1) is 9.89. The van der Waals surface area contributed by atoms with Crippen LogP contribution in [0.1, 0.15) is 26.3 Å². The highest BCUT2D eigenvalue weighted by atomic mass is 32.2. The van der Waals surface area contributed by atoms with Crippen LogP contribution < -0.4 is 10.2 Å². The Morgan fingerprint density at radius 3 is 2.90 bits per heavy atom. The molecule has 0 aromatic carbocycles. The van der Waals surface area contributed by atoms with Gasteiger partial charge in [0.2, 0.25) is 0 Å². The second-order valence-corrected chi connectivity index (χ2v) is 8.41. The number of anilines is 1. The number of nitrogens with zero attached hydrogens (tertiary/aromatic N) is 2. The smallest absolute Gasteiger partial charge is 0.154 e. The van der Waals surface area contributed by atoms with Gasteiger partial charge in [0.15, 0.2) is 9.84 Å². The van der Waals surface area contributed by atoms with Crippen molar-refractivity contribution in [3.8, 4) is 0 Å². The molecule has 0 saturated carbocycles. The zero-order chi connectivity index (χ0) is 15.5. The Balaban J connectivity index is 2.12. The molecule has 1 fully saturated rings. The van der Waals surface area contributed by atoms with E-state index >= 15 is 0 Å². The van der Waals surface area contributed by atoms with Crippen LogP contribution in [0.3, 0.4) is 0 Å². The van der Waals surface area contributed by atoms with E-state index in [4.69, 9.17) is 0 Å². The molecule has 2 rings (SSSR count). The van der Waals surface area contributed by atoms with Gasteiger partial charge in [-0.25, -0.2) is 8.42 Å². The van der Waals surface area contributed by atoms with Crippen LogP contribution in [0.4, 0.5) is 5.69 Å². The zero-order valence-electron chi connectivity index (χ0n) is 13.0. The first-order valence-electron chi connectivity index (χ1n) is 7.50. The average Bonchev–Trinajstić information content (AvgIpc) is 2.38. The van der Waals surface area contributed by atoms with E-state index in [2.05, 4.69) is 29.0 Å². The standard InChI is InChI=1S/C15H25N3O2S/c1-12(2)8-17-9-14-4-5-16-10-15(14)18-6-7-21(19,20)11-13(18)3/h4-5,10,12-13,17H,6-9,11H2,1-3H3. The van der Waals surface area contributed by atoms with Crippen molar-refractivity contribution in [2.24, 2.45) is 5.92 Å². The summed E-state index contributed by atoms with van der Waals surface area (Å²) < 4.78 is 23.4. The van der Waals surface area contributed by atoms with Crippen LogP contribution in [0.15, 0.2) is 18.5 Å². The lowest BCUT2D eigenvalue weighted by molar-refractivity contribution is 0.548. The third-order valence-corrected chi connectivity index (χ3v) is 5.53. The fourth-order valence-electron chi connectivity index (χ4n) is 2.68. The van der Waals surface area contributed by atoms with Crippen molar-refractivity contribution in [2.45, 2.75) is 33.4 Å². The molecule has 1 atom stereocenters. The van der Waals surface area contributed by atoms with Gasteiger partial charge in [0.05, 0.1) is 23.4 Å². The minimum Gasteiger partial charge on any atom is -0.365 e. The minimum absolute atomic E-state index is 0.00296. The van der Waals surface area contributed by atoms with E-state index in [0.29, 0.717) is 12.5 Å². The second kappa shape index (κ2) is 6.75. The van der Waals surface area contributed by atoms with Crippen molar-refractivity contribution >= 4 is 15.5 Å². The zero-order valence-corrected chi connectivity index (χ0v) is 13.9. The molecular formula is C15H25N3O2S. The first-order valence-corrected chi connectivity index (χ1v) is 9.32. The number of hydrogen-bond donors (Lipinski definition) is 1. The Kier molecular flexibility index (Phi) is 5.22. The molecule has 5 nitrogen and oxygen atoms in total. The molecule has 6 heteroatoms. The Hall–Kier alpha value is -1.14. The molecule has 1 aliphatic heterocycles. The van der Waals surface area contributed by atoms with E-state index in [0.717, 1.165) is 18.8 Å². The molecule has 1 aliphatic rings. The Bertz CT molecular complexity index is 572. The lowest BCUT2D eigenvalue weighted by atomic mass is 10.1. The van der Waals surface area contributed by atoms with E-state index < -0.39 is 9.84 Å².